The first-order chi connectivity index (χ1) is 16.0. The molecule has 1 heterocycles. The molecule has 2 aromatic carbocycles. The quantitative estimate of drug-likeness (QED) is 0.381. The van der Waals surface area contributed by atoms with Crippen LogP contribution in [0.3, 0.4) is 0 Å². The van der Waals surface area contributed by atoms with E-state index in [0.29, 0.717) is 24.8 Å². The van der Waals surface area contributed by atoms with Gasteiger partial charge in [-0.15, -0.1) is 0 Å². The molecule has 0 aliphatic heterocycles. The first-order valence-electron chi connectivity index (χ1n) is 11.7. The largest absolute Gasteiger partial charge is 0.489 e. The lowest BCUT2D eigenvalue weighted by molar-refractivity contribution is 0.305. The third kappa shape index (κ3) is 4.98. The van der Waals surface area contributed by atoms with Gasteiger partial charge in [0.05, 0.1) is 6.61 Å². The number of aromatic nitrogens is 1. The van der Waals surface area contributed by atoms with Crippen molar-refractivity contribution in [2.24, 2.45) is 5.92 Å². The van der Waals surface area contributed by atoms with Crippen LogP contribution in [0.2, 0.25) is 0 Å². The number of fused-ring (bicyclic) bond motifs is 3. The van der Waals surface area contributed by atoms with E-state index in [0.717, 1.165) is 52.0 Å². The van der Waals surface area contributed by atoms with Gasteiger partial charge in [-0.05, 0) is 91.0 Å². The van der Waals surface area contributed by atoms with Gasteiger partial charge in [0.25, 0.3) is 0 Å². The van der Waals surface area contributed by atoms with E-state index in [9.17, 15) is 4.21 Å². The number of pyridine rings is 1. The molecular formula is C28H31NO3S. The number of rotatable bonds is 9. The summed E-state index contributed by atoms with van der Waals surface area (Å²) in [6.07, 6.45) is 5.07. The summed E-state index contributed by atoms with van der Waals surface area (Å²) < 4.78 is 23.2. The van der Waals surface area contributed by atoms with Crippen LogP contribution in [0.4, 0.5) is 0 Å². The van der Waals surface area contributed by atoms with Crippen molar-refractivity contribution < 1.29 is 13.7 Å². The van der Waals surface area contributed by atoms with Crippen molar-refractivity contribution in [3.63, 3.8) is 0 Å². The van der Waals surface area contributed by atoms with Crippen LogP contribution >= 0.6 is 0 Å². The maximum atomic E-state index is 11.2. The maximum absolute atomic E-state index is 11.2. The Labute approximate surface area is 198 Å². The Balaban J connectivity index is 1.26. The second-order valence-corrected chi connectivity index (χ2v) is 10.9. The van der Waals surface area contributed by atoms with Gasteiger partial charge in [-0.3, -0.25) is 4.21 Å². The number of benzene rings is 2. The lowest BCUT2D eigenvalue weighted by Crippen LogP contribution is -2.05. The van der Waals surface area contributed by atoms with Crippen molar-refractivity contribution in [1.29, 1.82) is 0 Å². The highest BCUT2D eigenvalue weighted by atomic mass is 32.2. The SMILES string of the molecule is Cc1cc(OCCCS(C)=O)nc(C)c1-c1cccc(COc2ccc3c(c2)CC2CC32)c1. The summed E-state index contributed by atoms with van der Waals surface area (Å²) in [5.41, 5.74) is 8.51. The van der Waals surface area contributed by atoms with Gasteiger partial charge in [-0.1, -0.05) is 24.3 Å². The molecule has 33 heavy (non-hydrogen) atoms. The molecule has 2 aliphatic rings. The predicted octanol–water partition coefficient (Wildman–Crippen LogP) is 5.75. The molecule has 172 valence electrons. The Bertz CT molecular complexity index is 1180. The van der Waals surface area contributed by atoms with E-state index >= 15 is 0 Å². The Morgan fingerprint density at radius 3 is 2.79 bits per heavy atom. The van der Waals surface area contributed by atoms with Crippen LogP contribution < -0.4 is 9.47 Å². The Hall–Kier alpha value is -2.66. The minimum Gasteiger partial charge on any atom is -0.489 e. The Kier molecular flexibility index (Phi) is 6.24. The summed E-state index contributed by atoms with van der Waals surface area (Å²) in [5, 5.41) is 0. The number of aryl methyl sites for hydroxylation is 2. The van der Waals surface area contributed by atoms with Gasteiger partial charge < -0.3 is 9.47 Å². The monoisotopic (exact) mass is 461 g/mol. The molecule has 1 aromatic heterocycles. The second kappa shape index (κ2) is 9.30. The number of hydrogen-bond donors (Lipinski definition) is 0. The molecule has 0 spiro atoms. The minimum absolute atomic E-state index is 0.529. The summed E-state index contributed by atoms with van der Waals surface area (Å²) in [6.45, 7) is 5.19. The first-order valence-corrected chi connectivity index (χ1v) is 13.5. The molecule has 5 heteroatoms. The highest BCUT2D eigenvalue weighted by molar-refractivity contribution is 7.84. The third-order valence-corrected chi connectivity index (χ3v) is 7.60. The van der Waals surface area contributed by atoms with Gasteiger partial charge >= 0.3 is 0 Å². The second-order valence-electron chi connectivity index (χ2n) is 9.37. The number of hydrogen-bond acceptors (Lipinski definition) is 4. The fourth-order valence-electron chi connectivity index (χ4n) is 5.08. The van der Waals surface area contributed by atoms with E-state index in [2.05, 4.69) is 54.4 Å². The summed E-state index contributed by atoms with van der Waals surface area (Å²) in [4.78, 5) is 4.66. The molecule has 0 N–H and O–H groups in total. The molecule has 0 amide bonds. The van der Waals surface area contributed by atoms with E-state index in [-0.39, 0.29) is 0 Å². The van der Waals surface area contributed by atoms with Crippen molar-refractivity contribution in [3.8, 4) is 22.8 Å². The van der Waals surface area contributed by atoms with Crippen molar-refractivity contribution in [2.75, 3.05) is 18.6 Å². The van der Waals surface area contributed by atoms with Gasteiger partial charge in [0, 0.05) is 40.1 Å². The van der Waals surface area contributed by atoms with Crippen LogP contribution in [-0.4, -0.2) is 27.8 Å². The van der Waals surface area contributed by atoms with Crippen molar-refractivity contribution >= 4 is 10.8 Å². The average molecular weight is 462 g/mol. The molecule has 0 radical (unpaired) electrons. The van der Waals surface area contributed by atoms with E-state index in [1.807, 2.05) is 13.0 Å². The average Bonchev–Trinajstić information content (AvgIpc) is 3.46. The normalized spacial score (nSPS) is 19.0. The molecule has 5 rings (SSSR count). The van der Waals surface area contributed by atoms with Crippen LogP contribution in [0, 0.1) is 19.8 Å². The standard InChI is InChI=1S/C28H31NO3S/c1-18-12-27(31-10-5-11-33(3)30)29-19(2)28(18)21-7-4-6-20(13-21)17-32-24-8-9-25-22(15-24)14-23-16-26(23)25/h4,6-9,12-13,15,23,26H,5,10-11,14,16-17H2,1-3H3. The molecule has 4 nitrogen and oxygen atoms in total. The Morgan fingerprint density at radius 2 is 1.97 bits per heavy atom. The first kappa shape index (κ1) is 22.1. The van der Waals surface area contributed by atoms with Gasteiger partial charge in [0.2, 0.25) is 5.88 Å². The predicted molar refractivity (Wildman–Crippen MR) is 134 cm³/mol. The topological polar surface area (TPSA) is 48.4 Å². The molecule has 2 aliphatic carbocycles. The zero-order valence-corrected chi connectivity index (χ0v) is 20.4. The molecule has 3 atom stereocenters. The van der Waals surface area contributed by atoms with Gasteiger partial charge in [0.15, 0.2) is 0 Å². The number of nitrogens with zero attached hydrogens (tertiary/aromatic N) is 1. The van der Waals surface area contributed by atoms with Crippen LogP contribution in [0.15, 0.2) is 48.5 Å². The molecule has 3 unspecified atom stereocenters. The van der Waals surface area contributed by atoms with Crippen molar-refractivity contribution in [1.82, 2.24) is 4.98 Å². The van der Waals surface area contributed by atoms with E-state index in [4.69, 9.17) is 9.47 Å². The highest BCUT2D eigenvalue weighted by Gasteiger charge is 2.44. The molecule has 3 aromatic rings. The zero-order valence-electron chi connectivity index (χ0n) is 19.6. The zero-order chi connectivity index (χ0) is 22.9. The lowest BCUT2D eigenvalue weighted by Gasteiger charge is -2.14. The van der Waals surface area contributed by atoms with Crippen LogP contribution in [0.5, 0.6) is 11.6 Å². The molecular weight excluding hydrogens is 430 g/mol. The highest BCUT2D eigenvalue weighted by Crippen LogP contribution is 2.56. The fourth-order valence-corrected chi connectivity index (χ4v) is 5.60. The van der Waals surface area contributed by atoms with Crippen molar-refractivity contribution in [2.45, 2.75) is 45.6 Å². The molecule has 0 saturated heterocycles. The van der Waals surface area contributed by atoms with Crippen LogP contribution in [0.25, 0.3) is 11.1 Å². The lowest BCUT2D eigenvalue weighted by atomic mass is 9.98. The van der Waals surface area contributed by atoms with Crippen molar-refractivity contribution in [3.05, 3.63) is 76.5 Å². The summed E-state index contributed by atoms with van der Waals surface area (Å²) in [7, 11) is -0.788. The Morgan fingerprint density at radius 1 is 1.09 bits per heavy atom. The van der Waals surface area contributed by atoms with Gasteiger partial charge in [0.1, 0.15) is 12.4 Å². The van der Waals surface area contributed by atoms with Crippen LogP contribution in [0.1, 0.15) is 46.7 Å². The third-order valence-electron chi connectivity index (χ3n) is 6.74. The van der Waals surface area contributed by atoms with E-state index in [1.54, 1.807) is 11.8 Å². The minimum atomic E-state index is -0.788. The maximum Gasteiger partial charge on any atom is 0.213 e. The van der Waals surface area contributed by atoms with E-state index < -0.39 is 10.8 Å². The fraction of sp³-hybridized carbons (Fsp3) is 0.393. The van der Waals surface area contributed by atoms with Crippen LogP contribution in [-0.2, 0) is 23.8 Å². The summed E-state index contributed by atoms with van der Waals surface area (Å²) in [5.74, 6) is 3.96. The van der Waals surface area contributed by atoms with Gasteiger partial charge in [-0.25, -0.2) is 4.98 Å². The smallest absolute Gasteiger partial charge is 0.213 e. The molecule has 1 fully saturated rings. The van der Waals surface area contributed by atoms with Gasteiger partial charge in [-0.2, -0.15) is 0 Å². The summed E-state index contributed by atoms with van der Waals surface area (Å²) >= 11 is 0. The molecule has 0 bridgehead atoms. The molecule has 1 saturated carbocycles. The summed E-state index contributed by atoms with van der Waals surface area (Å²) in [6, 6.07) is 17.1. The van der Waals surface area contributed by atoms with E-state index in [1.165, 1.54) is 18.4 Å². The number of ether oxygens (including phenoxy) is 2.